The van der Waals surface area contributed by atoms with Gasteiger partial charge in [-0.15, -0.1) is 10.2 Å². The standard InChI is InChI=1S/C20H28N4O3S2/c1-3-4-5-6-18-22-23-20(28-18)21-19(25)16-11-13-24(14-12-16)29(26,27)17-9-7-15(2)8-10-17/h7-10,16H,3-6,11-14H2,1-2H3,(H,21,23,25). The van der Waals surface area contributed by atoms with E-state index in [1.807, 2.05) is 6.92 Å². The van der Waals surface area contributed by atoms with Crippen LogP contribution < -0.4 is 5.32 Å². The van der Waals surface area contributed by atoms with Gasteiger partial charge in [0.05, 0.1) is 4.90 Å². The predicted molar refractivity (Wildman–Crippen MR) is 114 cm³/mol. The molecule has 1 N–H and O–H groups in total. The number of aromatic nitrogens is 2. The molecule has 0 bridgehead atoms. The van der Waals surface area contributed by atoms with Crippen LogP contribution in [0.25, 0.3) is 0 Å². The Labute approximate surface area is 176 Å². The van der Waals surface area contributed by atoms with E-state index < -0.39 is 10.0 Å². The molecule has 7 nitrogen and oxygen atoms in total. The summed E-state index contributed by atoms with van der Waals surface area (Å²) in [6.07, 6.45) is 5.27. The smallest absolute Gasteiger partial charge is 0.243 e. The second-order valence-corrected chi connectivity index (χ2v) is 10.4. The number of piperidine rings is 1. The van der Waals surface area contributed by atoms with Gasteiger partial charge in [0.15, 0.2) is 0 Å². The fraction of sp³-hybridized carbons (Fsp3) is 0.550. The third kappa shape index (κ3) is 5.61. The molecule has 0 unspecified atom stereocenters. The first-order chi connectivity index (χ1) is 13.9. The van der Waals surface area contributed by atoms with Crippen LogP contribution in [0.1, 0.15) is 49.6 Å². The number of anilines is 1. The molecular weight excluding hydrogens is 408 g/mol. The Hall–Kier alpha value is -1.84. The molecule has 0 spiro atoms. The molecule has 3 rings (SSSR count). The molecule has 0 saturated carbocycles. The van der Waals surface area contributed by atoms with Crippen LogP contribution >= 0.6 is 11.3 Å². The molecule has 1 fully saturated rings. The Morgan fingerprint density at radius 3 is 2.52 bits per heavy atom. The molecule has 1 aromatic carbocycles. The van der Waals surface area contributed by atoms with Crippen LogP contribution in [0.4, 0.5) is 5.13 Å². The van der Waals surface area contributed by atoms with Crippen LogP contribution in [-0.2, 0) is 21.2 Å². The number of sulfonamides is 1. The van der Waals surface area contributed by atoms with Gasteiger partial charge in [-0.1, -0.05) is 48.8 Å². The van der Waals surface area contributed by atoms with Crippen molar-refractivity contribution in [3.8, 4) is 0 Å². The van der Waals surface area contributed by atoms with Crippen molar-refractivity contribution in [1.29, 1.82) is 0 Å². The van der Waals surface area contributed by atoms with Crippen LogP contribution in [-0.4, -0.2) is 41.9 Å². The van der Waals surface area contributed by atoms with Gasteiger partial charge in [-0.3, -0.25) is 4.79 Å². The zero-order valence-electron chi connectivity index (χ0n) is 16.9. The molecule has 29 heavy (non-hydrogen) atoms. The van der Waals surface area contributed by atoms with Gasteiger partial charge < -0.3 is 5.32 Å². The fourth-order valence-corrected chi connectivity index (χ4v) is 5.61. The van der Waals surface area contributed by atoms with E-state index in [0.29, 0.717) is 36.0 Å². The zero-order valence-corrected chi connectivity index (χ0v) is 18.6. The molecule has 158 valence electrons. The van der Waals surface area contributed by atoms with Crippen molar-refractivity contribution in [2.75, 3.05) is 18.4 Å². The molecule has 0 atom stereocenters. The second kappa shape index (κ2) is 9.77. The first-order valence-electron chi connectivity index (χ1n) is 10.1. The predicted octanol–water partition coefficient (Wildman–Crippen LogP) is 3.62. The van der Waals surface area contributed by atoms with Crippen molar-refractivity contribution in [2.45, 2.75) is 57.3 Å². The highest BCUT2D eigenvalue weighted by Gasteiger charge is 2.32. The highest BCUT2D eigenvalue weighted by atomic mass is 32.2. The number of carbonyl (C=O) groups is 1. The van der Waals surface area contributed by atoms with E-state index in [1.54, 1.807) is 24.3 Å². The van der Waals surface area contributed by atoms with E-state index in [-0.39, 0.29) is 11.8 Å². The highest BCUT2D eigenvalue weighted by molar-refractivity contribution is 7.89. The van der Waals surface area contributed by atoms with Gasteiger partial charge in [0.1, 0.15) is 5.01 Å². The largest absolute Gasteiger partial charge is 0.300 e. The van der Waals surface area contributed by atoms with Gasteiger partial charge in [-0.05, 0) is 38.3 Å². The van der Waals surface area contributed by atoms with Crippen molar-refractivity contribution in [3.05, 3.63) is 34.8 Å². The minimum Gasteiger partial charge on any atom is -0.300 e. The second-order valence-electron chi connectivity index (χ2n) is 7.44. The lowest BCUT2D eigenvalue weighted by Gasteiger charge is -2.30. The minimum atomic E-state index is -3.51. The Balaban J connectivity index is 1.52. The van der Waals surface area contributed by atoms with Gasteiger partial charge >= 0.3 is 0 Å². The van der Waals surface area contributed by atoms with Crippen LogP contribution in [0.5, 0.6) is 0 Å². The molecule has 1 aliphatic heterocycles. The van der Waals surface area contributed by atoms with Crippen molar-refractivity contribution in [2.24, 2.45) is 5.92 Å². The van der Waals surface area contributed by atoms with Gasteiger partial charge in [0.25, 0.3) is 0 Å². The quantitative estimate of drug-likeness (QED) is 0.638. The lowest BCUT2D eigenvalue weighted by atomic mass is 9.97. The number of nitrogens with zero attached hydrogens (tertiary/aromatic N) is 3. The summed E-state index contributed by atoms with van der Waals surface area (Å²) in [5.74, 6) is -0.319. The Morgan fingerprint density at radius 2 is 1.86 bits per heavy atom. The van der Waals surface area contributed by atoms with E-state index in [4.69, 9.17) is 0 Å². The number of rotatable bonds is 8. The molecule has 0 radical (unpaired) electrons. The molecule has 1 aromatic heterocycles. The van der Waals surface area contributed by atoms with Crippen molar-refractivity contribution < 1.29 is 13.2 Å². The lowest BCUT2D eigenvalue weighted by molar-refractivity contribution is -0.120. The third-order valence-electron chi connectivity index (χ3n) is 5.17. The Bertz CT molecular complexity index is 917. The maximum Gasteiger partial charge on any atom is 0.243 e. The van der Waals surface area contributed by atoms with Crippen molar-refractivity contribution in [3.63, 3.8) is 0 Å². The van der Waals surface area contributed by atoms with E-state index in [9.17, 15) is 13.2 Å². The van der Waals surface area contributed by atoms with Gasteiger partial charge in [-0.25, -0.2) is 8.42 Å². The highest BCUT2D eigenvalue weighted by Crippen LogP contribution is 2.26. The number of amides is 1. The summed E-state index contributed by atoms with van der Waals surface area (Å²) < 4.78 is 27.0. The van der Waals surface area contributed by atoms with Gasteiger partial charge in [0, 0.05) is 25.4 Å². The molecule has 1 saturated heterocycles. The summed E-state index contributed by atoms with van der Waals surface area (Å²) in [5, 5.41) is 12.5. The third-order valence-corrected chi connectivity index (χ3v) is 7.99. The maximum absolute atomic E-state index is 12.8. The van der Waals surface area contributed by atoms with E-state index >= 15 is 0 Å². The van der Waals surface area contributed by atoms with Crippen LogP contribution in [0, 0.1) is 12.8 Å². The number of carbonyl (C=O) groups excluding carboxylic acids is 1. The summed E-state index contributed by atoms with van der Waals surface area (Å²) in [4.78, 5) is 12.9. The Morgan fingerprint density at radius 1 is 1.17 bits per heavy atom. The number of nitrogens with one attached hydrogen (secondary N) is 1. The molecule has 1 aliphatic rings. The SMILES string of the molecule is CCCCCc1nnc(NC(=O)C2CCN(S(=O)(=O)c3ccc(C)cc3)CC2)s1. The molecular formula is C20H28N4O3S2. The number of benzene rings is 1. The summed E-state index contributed by atoms with van der Waals surface area (Å²) in [6, 6.07) is 6.87. The normalized spacial score (nSPS) is 16.1. The molecule has 1 amide bonds. The lowest BCUT2D eigenvalue weighted by Crippen LogP contribution is -2.41. The monoisotopic (exact) mass is 436 g/mol. The van der Waals surface area contributed by atoms with Crippen LogP contribution in [0.3, 0.4) is 0 Å². The van der Waals surface area contributed by atoms with E-state index in [2.05, 4.69) is 22.4 Å². The van der Waals surface area contributed by atoms with Crippen molar-refractivity contribution >= 4 is 32.4 Å². The summed E-state index contributed by atoms with van der Waals surface area (Å²) >= 11 is 1.42. The van der Waals surface area contributed by atoms with E-state index in [0.717, 1.165) is 36.3 Å². The molecule has 2 heterocycles. The average molecular weight is 437 g/mol. The zero-order chi connectivity index (χ0) is 20.9. The number of unbranched alkanes of at least 4 members (excludes halogenated alkanes) is 2. The van der Waals surface area contributed by atoms with Crippen LogP contribution in [0.2, 0.25) is 0 Å². The van der Waals surface area contributed by atoms with E-state index in [1.165, 1.54) is 15.6 Å². The van der Waals surface area contributed by atoms with Gasteiger partial charge in [0.2, 0.25) is 21.1 Å². The van der Waals surface area contributed by atoms with Gasteiger partial charge in [-0.2, -0.15) is 4.31 Å². The van der Waals surface area contributed by atoms with Crippen molar-refractivity contribution in [1.82, 2.24) is 14.5 Å². The summed E-state index contributed by atoms with van der Waals surface area (Å²) in [7, 11) is -3.51. The number of aryl methyl sites for hydroxylation is 2. The summed E-state index contributed by atoms with van der Waals surface area (Å²) in [5.41, 5.74) is 1.02. The Kier molecular flexibility index (Phi) is 7.37. The number of hydrogen-bond acceptors (Lipinski definition) is 6. The van der Waals surface area contributed by atoms with Crippen LogP contribution in [0.15, 0.2) is 29.2 Å². The average Bonchev–Trinajstić information content (AvgIpc) is 3.16. The fourth-order valence-electron chi connectivity index (χ4n) is 3.36. The molecule has 2 aromatic rings. The maximum atomic E-state index is 12.8. The molecule has 0 aliphatic carbocycles. The first kappa shape index (κ1) is 21.9. The minimum absolute atomic E-state index is 0.103. The topological polar surface area (TPSA) is 92.3 Å². The summed E-state index contributed by atoms with van der Waals surface area (Å²) in [6.45, 7) is 4.76. The number of hydrogen-bond donors (Lipinski definition) is 1. The first-order valence-corrected chi connectivity index (χ1v) is 12.4. The molecule has 9 heteroatoms.